The number of carbonyl (C=O) groups excluding carboxylic acids is 11. The van der Waals surface area contributed by atoms with Crippen LogP contribution in [-0.2, 0) is 68.7 Å². The minimum absolute atomic E-state index is 0.0439. The second kappa shape index (κ2) is 36.7. The number of ketones is 1. The maximum Gasteiger partial charge on any atom is 0.305 e. The van der Waals surface area contributed by atoms with Gasteiger partial charge in [0, 0.05) is 32.0 Å². The van der Waals surface area contributed by atoms with Gasteiger partial charge in [0.1, 0.15) is 54.4 Å². The van der Waals surface area contributed by atoms with Gasteiger partial charge in [-0.15, -0.1) is 0 Å². The Bertz CT molecular complexity index is 2500. The van der Waals surface area contributed by atoms with Crippen molar-refractivity contribution in [2.45, 2.75) is 218 Å². The maximum absolute atomic E-state index is 14.0. The number of fused-ring (bicyclic) bond motifs is 1. The lowest BCUT2D eigenvalue weighted by atomic mass is 10.00. The van der Waals surface area contributed by atoms with E-state index in [4.69, 9.17) is 0 Å². The van der Waals surface area contributed by atoms with Gasteiger partial charge in [0.2, 0.25) is 59.1 Å². The Balaban J connectivity index is 1.95. The number of nitrogens with zero attached hydrogens (tertiary/aromatic N) is 2. The molecule has 2 saturated heterocycles. The lowest BCUT2D eigenvalue weighted by molar-refractivity contribution is -0.143. The number of thioether (sulfide) groups is 1. The number of nitrogens with one attached hydrogen (secondary N) is 11. The third-order valence-electron chi connectivity index (χ3n) is 14.8. The number of rotatable bonds is 13. The summed E-state index contributed by atoms with van der Waals surface area (Å²) < 4.78 is 0. The molecule has 3 heterocycles. The van der Waals surface area contributed by atoms with Gasteiger partial charge in [-0.05, 0) is 96.6 Å². The summed E-state index contributed by atoms with van der Waals surface area (Å²) in [4.78, 5) is 184. The quantitative estimate of drug-likeness (QED) is 0.106. The minimum Gasteiger partial charge on any atom is -0.481 e. The molecule has 0 saturated carbocycles. The van der Waals surface area contributed by atoms with Gasteiger partial charge >= 0.3 is 11.9 Å². The Hall–Kier alpha value is -7.21. The van der Waals surface area contributed by atoms with Gasteiger partial charge < -0.3 is 78.4 Å². The van der Waals surface area contributed by atoms with Crippen LogP contribution in [0.1, 0.15) is 145 Å². The summed E-state index contributed by atoms with van der Waals surface area (Å²) in [6.07, 6.45) is 5.95. The Kier molecular flexibility index (Phi) is 31.2. The molecule has 0 unspecified atom stereocenters. The zero-order chi connectivity index (χ0) is 64.4. The van der Waals surface area contributed by atoms with Crippen molar-refractivity contribution in [2.75, 3.05) is 25.1 Å². The molecule has 14 N–H and O–H groups in total. The van der Waals surface area contributed by atoms with Crippen molar-refractivity contribution in [3.05, 3.63) is 18.2 Å². The summed E-state index contributed by atoms with van der Waals surface area (Å²) >= 11 is 1.30. The largest absolute Gasteiger partial charge is 0.481 e. The van der Waals surface area contributed by atoms with Gasteiger partial charge in [-0.1, -0.05) is 53.4 Å². The van der Waals surface area contributed by atoms with Crippen molar-refractivity contribution in [2.24, 2.45) is 11.8 Å². The number of aliphatic hydroxyl groups is 1. The van der Waals surface area contributed by atoms with E-state index in [9.17, 15) is 77.6 Å². The van der Waals surface area contributed by atoms with Crippen LogP contribution in [0, 0.1) is 11.8 Å². The van der Waals surface area contributed by atoms with Crippen LogP contribution in [0.4, 0.5) is 0 Å². The van der Waals surface area contributed by atoms with Crippen LogP contribution in [-0.4, -0.2) is 205 Å². The van der Waals surface area contributed by atoms with E-state index < -0.39 is 175 Å². The molecule has 2 fully saturated rings. The van der Waals surface area contributed by atoms with Crippen LogP contribution in [0.3, 0.4) is 0 Å². The van der Waals surface area contributed by atoms with E-state index in [1.165, 1.54) is 64.5 Å². The standard InChI is InChI=1S/C56H91N13O16S/c1-29(2)44-53(82)60-32(6)48(77)64-38(25-35-27-57-28-59-35)41(71)18-14-12-10-11-13-15-22-58-31(5)47(76)62-36(19-20-42(72)73)49(78)65-39(26-43(74)75)51(80)66-45(30(3)4)54(83)63-37(21-24-86-9)50(79)68-46(34(8)70)55(84)61-33(7)56(85)69-23-16-17-40(69)52(81)67-44/h27-34,36-40,44-46,58,70H,10-26H2,1-9H3,(H,57,59)(H,60,82)(H,61,84)(H,62,76)(H,63,83)(H,64,77)(H,65,78)(H,66,80)(H,67,81)(H,68,79)(H,72,73)(H,74,75)/t31-,32-,33-,34+,36-,37-,38-,39-,40-,44-,45-,46-/m0/s1. The Morgan fingerprint density at radius 2 is 1.09 bits per heavy atom. The number of imidazole rings is 1. The van der Waals surface area contributed by atoms with Crippen LogP contribution >= 0.6 is 11.8 Å². The predicted octanol–water partition coefficient (Wildman–Crippen LogP) is -1.58. The molecule has 29 nitrogen and oxygen atoms in total. The normalized spacial score (nSPS) is 27.8. The number of aromatic nitrogens is 2. The topological polar surface area (TPSA) is 435 Å². The fourth-order valence-electron chi connectivity index (χ4n) is 9.64. The first-order valence-corrected chi connectivity index (χ1v) is 30.8. The first-order chi connectivity index (χ1) is 40.6. The van der Waals surface area contributed by atoms with E-state index in [0.717, 1.165) is 19.3 Å². The fourth-order valence-corrected chi connectivity index (χ4v) is 10.1. The van der Waals surface area contributed by atoms with Crippen molar-refractivity contribution in [1.29, 1.82) is 0 Å². The summed E-state index contributed by atoms with van der Waals surface area (Å²) in [5.41, 5.74) is 0.515. The minimum atomic E-state index is -1.86. The maximum atomic E-state index is 14.0. The zero-order valence-electron chi connectivity index (χ0n) is 50.7. The average Bonchev–Trinajstić information content (AvgIpc) is 3.71. The number of carboxylic acid groups (broad SMARTS) is 2. The molecule has 0 bridgehead atoms. The van der Waals surface area contributed by atoms with Crippen molar-refractivity contribution >= 4 is 88.6 Å². The lowest BCUT2D eigenvalue weighted by Gasteiger charge is -2.31. The van der Waals surface area contributed by atoms with Crippen LogP contribution in [0.5, 0.6) is 0 Å². The highest BCUT2D eigenvalue weighted by molar-refractivity contribution is 7.98. The van der Waals surface area contributed by atoms with Gasteiger partial charge in [-0.25, -0.2) is 4.98 Å². The third-order valence-corrected chi connectivity index (χ3v) is 15.4. The van der Waals surface area contributed by atoms with Gasteiger partial charge in [0.25, 0.3) is 0 Å². The van der Waals surface area contributed by atoms with Gasteiger partial charge in [0.05, 0.1) is 36.6 Å². The van der Waals surface area contributed by atoms with Gasteiger partial charge in [-0.2, -0.15) is 11.8 Å². The van der Waals surface area contributed by atoms with Crippen molar-refractivity contribution in [3.63, 3.8) is 0 Å². The molecule has 3 rings (SSSR count). The van der Waals surface area contributed by atoms with Crippen molar-refractivity contribution < 1.29 is 77.6 Å². The molecule has 0 radical (unpaired) electrons. The number of carbonyl (C=O) groups is 13. The predicted molar refractivity (Wildman–Crippen MR) is 314 cm³/mol. The van der Waals surface area contributed by atoms with Gasteiger partial charge in [0.15, 0.2) is 5.78 Å². The van der Waals surface area contributed by atoms with E-state index in [1.54, 1.807) is 26.3 Å². The van der Waals surface area contributed by atoms with Gasteiger partial charge in [-0.3, -0.25) is 62.3 Å². The molecular weight excluding hydrogens is 1140 g/mol. The highest BCUT2D eigenvalue weighted by atomic mass is 32.2. The smallest absolute Gasteiger partial charge is 0.305 e. The number of H-pyrrole nitrogens is 1. The van der Waals surface area contributed by atoms with E-state index >= 15 is 0 Å². The number of aliphatic carboxylic acids is 2. The summed E-state index contributed by atoms with van der Waals surface area (Å²) in [5, 5.41) is 56.0. The second-order valence-corrected chi connectivity index (χ2v) is 23.7. The molecule has 2 aliphatic heterocycles. The van der Waals surface area contributed by atoms with E-state index in [1.807, 2.05) is 0 Å². The van der Waals surface area contributed by atoms with E-state index in [0.29, 0.717) is 37.9 Å². The van der Waals surface area contributed by atoms with Crippen LogP contribution in [0.2, 0.25) is 0 Å². The molecule has 2 aliphatic rings. The molecule has 86 heavy (non-hydrogen) atoms. The SMILES string of the molecule is CSCC[C@@H]1NC(=O)[C@H](C(C)C)NC(=O)[C@H](CC(=O)O)NC(=O)[C@H](CCC(=O)O)NC(=O)[C@H](C)NCCCCCCCCC(=O)[C@H](Cc2c[nH]cn2)NC(=O)[C@H](C)NC(=O)[C@H](C(C)C)NC(=O)[C@@H]2CCCN2C(=O)[C@H](C)NC(=O)[C@H]([C@@H](C)O)NC1=O. The van der Waals surface area contributed by atoms with E-state index in [-0.39, 0.29) is 43.8 Å². The van der Waals surface area contributed by atoms with Crippen LogP contribution in [0.15, 0.2) is 12.5 Å². The summed E-state index contributed by atoms with van der Waals surface area (Å²) in [6.45, 7) is 12.4. The second-order valence-electron chi connectivity index (χ2n) is 22.7. The molecule has 12 atom stereocenters. The Morgan fingerprint density at radius 1 is 0.581 bits per heavy atom. The number of Topliss-reactive ketones (excluding diaryl/α,β-unsaturated/α-hetero) is 1. The average molecular weight is 1230 g/mol. The van der Waals surface area contributed by atoms with E-state index in [2.05, 4.69) is 63.1 Å². The van der Waals surface area contributed by atoms with Crippen molar-refractivity contribution in [3.8, 4) is 0 Å². The zero-order valence-corrected chi connectivity index (χ0v) is 51.5. The monoisotopic (exact) mass is 1230 g/mol. The lowest BCUT2D eigenvalue weighted by Crippen LogP contribution is -2.62. The van der Waals surface area contributed by atoms with Crippen LogP contribution in [0.25, 0.3) is 0 Å². The number of hydrogen-bond acceptors (Lipinski definition) is 17. The number of hydrogen-bond donors (Lipinski definition) is 14. The number of carboxylic acids is 2. The third kappa shape index (κ3) is 24.3. The molecule has 10 amide bonds. The molecule has 1 aromatic heterocycles. The molecule has 30 heteroatoms. The fraction of sp³-hybridized carbons (Fsp3) is 0.714. The highest BCUT2D eigenvalue weighted by Crippen LogP contribution is 2.20. The first-order valence-electron chi connectivity index (χ1n) is 29.4. The Morgan fingerprint density at radius 3 is 1.69 bits per heavy atom. The molecule has 1 aromatic rings. The summed E-state index contributed by atoms with van der Waals surface area (Å²) in [7, 11) is 0. The summed E-state index contributed by atoms with van der Waals surface area (Å²) in [6, 6.07) is -14.7. The van der Waals surface area contributed by atoms with Crippen LogP contribution < -0.4 is 53.2 Å². The Labute approximate surface area is 505 Å². The molecule has 0 spiro atoms. The molecule has 0 aromatic carbocycles. The first kappa shape index (κ1) is 73.0. The highest BCUT2D eigenvalue weighted by Gasteiger charge is 2.41. The van der Waals surface area contributed by atoms with Crippen molar-refractivity contribution in [1.82, 2.24) is 68.0 Å². The summed E-state index contributed by atoms with van der Waals surface area (Å²) in [5.74, 6) is -12.7. The molecular formula is C56H91N13O16S. The number of aromatic amines is 1. The molecule has 482 valence electrons. The molecule has 0 aliphatic carbocycles. The number of aliphatic hydroxyl groups excluding tert-OH is 1. The number of amides is 10.